The van der Waals surface area contributed by atoms with Crippen LogP contribution in [0.5, 0.6) is 0 Å². The molecule has 2 aliphatic heterocycles. The molecular formula is C29H33NO. The van der Waals surface area contributed by atoms with Crippen LogP contribution in [-0.4, -0.2) is 7.11 Å². The van der Waals surface area contributed by atoms with Crippen LogP contribution >= 0.6 is 0 Å². The highest BCUT2D eigenvalue weighted by atomic mass is 16.5. The lowest BCUT2D eigenvalue weighted by molar-refractivity contribution is 0.264. The zero-order chi connectivity index (χ0) is 21.9. The summed E-state index contributed by atoms with van der Waals surface area (Å²) in [5.41, 5.74) is 7.25. The van der Waals surface area contributed by atoms with Crippen molar-refractivity contribution in [3.8, 4) is 0 Å². The topological polar surface area (TPSA) is 21.3 Å². The van der Waals surface area contributed by atoms with E-state index in [-0.39, 0.29) is 16.5 Å². The second-order valence-electron chi connectivity index (χ2n) is 9.98. The fraction of sp³-hybridized carbons (Fsp3) is 0.379. The van der Waals surface area contributed by atoms with E-state index in [2.05, 4.69) is 93.3 Å². The predicted octanol–water partition coefficient (Wildman–Crippen LogP) is 6.48. The van der Waals surface area contributed by atoms with Crippen molar-refractivity contribution >= 4 is 0 Å². The van der Waals surface area contributed by atoms with Gasteiger partial charge >= 0.3 is 0 Å². The van der Waals surface area contributed by atoms with Crippen molar-refractivity contribution in [2.45, 2.75) is 56.5 Å². The number of rotatable bonds is 5. The Labute approximate surface area is 186 Å². The molecule has 160 valence electrons. The van der Waals surface area contributed by atoms with Crippen molar-refractivity contribution in [2.75, 3.05) is 7.11 Å². The third kappa shape index (κ3) is 2.96. The molecule has 0 amide bonds. The van der Waals surface area contributed by atoms with Gasteiger partial charge in [-0.3, -0.25) is 5.32 Å². The van der Waals surface area contributed by atoms with E-state index in [1.165, 1.54) is 40.7 Å². The molecule has 0 saturated heterocycles. The van der Waals surface area contributed by atoms with Crippen LogP contribution in [0, 0.1) is 5.92 Å². The molecule has 1 aliphatic carbocycles. The highest BCUT2D eigenvalue weighted by Crippen LogP contribution is 2.66. The van der Waals surface area contributed by atoms with Crippen LogP contribution in [0.4, 0.5) is 0 Å². The standard InChI is InChI=1S/C29H33NO/c1-6-21(16-15-20(2)31-5)17-29-19-22(29)18-27(3)23-11-7-8-12-24(23)28(4,30-27)25-13-9-10-14-26(25)29/h6-16,22,30H,2,17-19H2,1,3-5H3. The second-order valence-corrected chi connectivity index (χ2v) is 9.98. The maximum Gasteiger partial charge on any atom is 0.111 e. The van der Waals surface area contributed by atoms with Crippen LogP contribution in [-0.2, 0) is 21.2 Å². The van der Waals surface area contributed by atoms with E-state index >= 15 is 0 Å². The van der Waals surface area contributed by atoms with Crippen molar-refractivity contribution in [1.82, 2.24) is 5.32 Å². The first-order chi connectivity index (χ1) is 14.9. The highest BCUT2D eigenvalue weighted by Gasteiger charge is 2.62. The van der Waals surface area contributed by atoms with Crippen LogP contribution in [0.1, 0.15) is 62.3 Å². The molecule has 5 rings (SSSR count). The summed E-state index contributed by atoms with van der Waals surface area (Å²) >= 11 is 0. The summed E-state index contributed by atoms with van der Waals surface area (Å²) in [7, 11) is 1.67. The minimum atomic E-state index is -0.168. The Kier molecular flexibility index (Phi) is 4.57. The number of benzene rings is 2. The SMILES string of the molecule is C=C(C=CC(=CC)CC12CC1CC1(C)NC(C)(c3ccccc31)c1ccccc12)OC. The Morgan fingerprint density at radius 3 is 2.26 bits per heavy atom. The van der Waals surface area contributed by atoms with Crippen molar-refractivity contribution in [3.63, 3.8) is 0 Å². The molecular weight excluding hydrogens is 378 g/mol. The average Bonchev–Trinajstić information content (AvgIpc) is 3.40. The summed E-state index contributed by atoms with van der Waals surface area (Å²) < 4.78 is 5.25. The quantitative estimate of drug-likeness (QED) is 0.449. The molecule has 4 unspecified atom stereocenters. The number of methoxy groups -OCH3 is 1. The van der Waals surface area contributed by atoms with Gasteiger partial charge in [-0.05, 0) is 74.3 Å². The molecule has 0 aromatic heterocycles. The Hall–Kier alpha value is -2.58. The summed E-state index contributed by atoms with van der Waals surface area (Å²) in [4.78, 5) is 0. The van der Waals surface area contributed by atoms with Crippen molar-refractivity contribution in [3.05, 3.63) is 107 Å². The molecule has 2 nitrogen and oxygen atoms in total. The number of ether oxygens (including phenoxy) is 1. The molecule has 31 heavy (non-hydrogen) atoms. The summed E-state index contributed by atoms with van der Waals surface area (Å²) in [5, 5.41) is 4.10. The summed E-state index contributed by atoms with van der Waals surface area (Å²) in [6.07, 6.45) is 9.89. The molecule has 1 fully saturated rings. The Bertz CT molecular complexity index is 1110. The van der Waals surface area contributed by atoms with Crippen LogP contribution in [0.3, 0.4) is 0 Å². The number of nitrogens with one attached hydrogen (secondary N) is 1. The van der Waals surface area contributed by atoms with Gasteiger partial charge in [0.1, 0.15) is 5.76 Å². The van der Waals surface area contributed by atoms with Crippen LogP contribution in [0.15, 0.2) is 84.7 Å². The van der Waals surface area contributed by atoms with Gasteiger partial charge in [-0.1, -0.05) is 72.8 Å². The van der Waals surface area contributed by atoms with Gasteiger partial charge in [0.05, 0.1) is 12.6 Å². The predicted molar refractivity (Wildman–Crippen MR) is 128 cm³/mol. The van der Waals surface area contributed by atoms with Gasteiger partial charge in [0.15, 0.2) is 0 Å². The van der Waals surface area contributed by atoms with Crippen LogP contribution in [0.2, 0.25) is 0 Å². The van der Waals surface area contributed by atoms with Gasteiger partial charge in [-0.2, -0.15) is 0 Å². The maximum absolute atomic E-state index is 5.25. The van der Waals surface area contributed by atoms with E-state index in [4.69, 9.17) is 4.74 Å². The lowest BCUT2D eigenvalue weighted by Gasteiger charge is -2.39. The van der Waals surface area contributed by atoms with E-state index in [0.29, 0.717) is 11.7 Å². The van der Waals surface area contributed by atoms with E-state index in [1.54, 1.807) is 7.11 Å². The largest absolute Gasteiger partial charge is 0.497 e. The summed E-state index contributed by atoms with van der Waals surface area (Å²) in [5.74, 6) is 1.36. The zero-order valence-electron chi connectivity index (χ0n) is 19.2. The van der Waals surface area contributed by atoms with E-state index in [0.717, 1.165) is 6.42 Å². The van der Waals surface area contributed by atoms with E-state index in [9.17, 15) is 0 Å². The number of hydrogen-bond donors (Lipinski definition) is 1. The summed E-state index contributed by atoms with van der Waals surface area (Å²) in [6, 6.07) is 18.2. The van der Waals surface area contributed by atoms with Gasteiger partial charge in [0.2, 0.25) is 0 Å². The number of fused-ring (bicyclic) bond motifs is 9. The van der Waals surface area contributed by atoms with Gasteiger partial charge in [0, 0.05) is 11.0 Å². The molecule has 0 radical (unpaired) electrons. The van der Waals surface area contributed by atoms with Gasteiger partial charge in [-0.15, -0.1) is 0 Å². The van der Waals surface area contributed by atoms with Crippen molar-refractivity contribution in [2.24, 2.45) is 5.92 Å². The average molecular weight is 412 g/mol. The third-order valence-electron chi connectivity index (χ3n) is 8.11. The van der Waals surface area contributed by atoms with E-state index in [1.807, 2.05) is 6.08 Å². The van der Waals surface area contributed by atoms with Gasteiger partial charge in [0.25, 0.3) is 0 Å². The van der Waals surface area contributed by atoms with Crippen molar-refractivity contribution < 1.29 is 4.74 Å². The first kappa shape index (κ1) is 20.3. The molecule has 0 spiro atoms. The monoisotopic (exact) mass is 411 g/mol. The Balaban J connectivity index is 1.63. The van der Waals surface area contributed by atoms with Crippen LogP contribution < -0.4 is 5.32 Å². The molecule has 2 aromatic carbocycles. The fourth-order valence-corrected chi connectivity index (χ4v) is 6.49. The molecule has 1 saturated carbocycles. The molecule has 1 N–H and O–H groups in total. The molecule has 3 aliphatic rings. The smallest absolute Gasteiger partial charge is 0.111 e. The minimum absolute atomic E-state index is 0.00155. The van der Waals surface area contributed by atoms with E-state index < -0.39 is 0 Å². The lowest BCUT2D eigenvalue weighted by Crippen LogP contribution is -2.47. The summed E-state index contributed by atoms with van der Waals surface area (Å²) in [6.45, 7) is 10.9. The number of allylic oxidation sites excluding steroid dienone is 4. The third-order valence-corrected chi connectivity index (χ3v) is 8.11. The number of hydrogen-bond acceptors (Lipinski definition) is 2. The molecule has 2 heteroatoms. The molecule has 2 bridgehead atoms. The molecule has 4 atom stereocenters. The first-order valence-electron chi connectivity index (χ1n) is 11.4. The van der Waals surface area contributed by atoms with Gasteiger partial charge < -0.3 is 4.74 Å². The minimum Gasteiger partial charge on any atom is -0.497 e. The van der Waals surface area contributed by atoms with Gasteiger partial charge in [-0.25, -0.2) is 0 Å². The zero-order valence-corrected chi connectivity index (χ0v) is 19.2. The maximum atomic E-state index is 5.25. The molecule has 2 heterocycles. The fourth-order valence-electron chi connectivity index (χ4n) is 6.49. The highest BCUT2D eigenvalue weighted by molar-refractivity contribution is 5.57. The Morgan fingerprint density at radius 2 is 1.61 bits per heavy atom. The normalized spacial score (nSPS) is 33.2. The first-order valence-corrected chi connectivity index (χ1v) is 11.4. The van der Waals surface area contributed by atoms with Crippen LogP contribution in [0.25, 0.3) is 0 Å². The van der Waals surface area contributed by atoms with Crippen molar-refractivity contribution in [1.29, 1.82) is 0 Å². The lowest BCUT2D eigenvalue weighted by atomic mass is 9.75. The molecule has 2 aromatic rings. The Morgan fingerprint density at radius 1 is 1.00 bits per heavy atom. The second kappa shape index (κ2) is 6.97.